The Kier molecular flexibility index (Phi) is 5.34. The molecule has 1 unspecified atom stereocenters. The summed E-state index contributed by atoms with van der Waals surface area (Å²) in [6.07, 6.45) is 1.93. The molecule has 0 bridgehead atoms. The average molecular weight is 466 g/mol. The summed E-state index contributed by atoms with van der Waals surface area (Å²) >= 11 is 5.04. The van der Waals surface area contributed by atoms with E-state index in [4.69, 9.17) is 15.5 Å². The van der Waals surface area contributed by atoms with Gasteiger partial charge in [0.25, 0.3) is 0 Å². The number of nitrogens with zero attached hydrogens (tertiary/aromatic N) is 2. The molecule has 0 saturated carbocycles. The fourth-order valence-corrected chi connectivity index (χ4v) is 7.41. The first-order valence-electron chi connectivity index (χ1n) is 9.96. The summed E-state index contributed by atoms with van der Waals surface area (Å²) in [4.78, 5) is 19.6. The molecule has 5 rings (SSSR count). The van der Waals surface area contributed by atoms with E-state index in [9.17, 15) is 10.1 Å². The van der Waals surface area contributed by atoms with E-state index in [-0.39, 0.29) is 11.7 Å². The van der Waals surface area contributed by atoms with Crippen LogP contribution in [0.15, 0.2) is 57.5 Å². The van der Waals surface area contributed by atoms with Crippen LogP contribution in [0.3, 0.4) is 0 Å². The van der Waals surface area contributed by atoms with Crippen molar-refractivity contribution in [3.63, 3.8) is 0 Å². The first kappa shape index (κ1) is 20.3. The van der Waals surface area contributed by atoms with Crippen molar-refractivity contribution in [1.29, 1.82) is 5.26 Å². The van der Waals surface area contributed by atoms with Crippen LogP contribution < -0.4 is 5.73 Å². The molecule has 156 valence electrons. The van der Waals surface area contributed by atoms with Gasteiger partial charge in [0, 0.05) is 33.9 Å². The largest absolute Gasteiger partial charge is 0.444 e. The average Bonchev–Trinajstić information content (AvgIpc) is 3.34. The topological polar surface area (TPSA) is 89.0 Å². The number of nitrogens with two attached hydrogens (primary N) is 1. The molecule has 1 aromatic carbocycles. The summed E-state index contributed by atoms with van der Waals surface area (Å²) in [6.45, 7) is 2.08. The molecule has 2 aliphatic rings. The maximum Gasteiger partial charge on any atom is 0.205 e. The van der Waals surface area contributed by atoms with Crippen LogP contribution in [0.2, 0.25) is 0 Å². The molecule has 0 saturated heterocycles. The number of Topliss-reactive ketones (excluding diaryl/α,β-unsaturated/α-hetero) is 1. The molecule has 5 nitrogen and oxygen atoms in total. The Hall–Kier alpha value is -2.60. The van der Waals surface area contributed by atoms with Gasteiger partial charge in [-0.15, -0.1) is 22.7 Å². The summed E-state index contributed by atoms with van der Waals surface area (Å²) in [5.74, 6) is 1.17. The van der Waals surface area contributed by atoms with Gasteiger partial charge in [0.2, 0.25) is 5.88 Å². The van der Waals surface area contributed by atoms with E-state index in [0.717, 1.165) is 26.9 Å². The van der Waals surface area contributed by atoms with Crippen molar-refractivity contribution in [3.05, 3.63) is 68.4 Å². The smallest absolute Gasteiger partial charge is 0.205 e. The Labute approximate surface area is 192 Å². The maximum absolute atomic E-state index is 12.8. The monoisotopic (exact) mass is 465 g/mol. The molecular formula is C23H19N3O2S3. The number of ketones is 1. The van der Waals surface area contributed by atoms with E-state index < -0.39 is 5.92 Å². The van der Waals surface area contributed by atoms with Gasteiger partial charge in [-0.05, 0) is 37.1 Å². The highest BCUT2D eigenvalue weighted by molar-refractivity contribution is 8.00. The normalized spacial score (nSPS) is 18.8. The summed E-state index contributed by atoms with van der Waals surface area (Å²) in [5.41, 5.74) is 9.23. The number of carbonyl (C=O) groups is 1. The van der Waals surface area contributed by atoms with E-state index >= 15 is 0 Å². The van der Waals surface area contributed by atoms with Crippen molar-refractivity contribution >= 4 is 50.4 Å². The van der Waals surface area contributed by atoms with Gasteiger partial charge in [0.15, 0.2) is 10.1 Å². The Morgan fingerprint density at radius 2 is 2.16 bits per heavy atom. The first-order chi connectivity index (χ1) is 15.0. The van der Waals surface area contributed by atoms with Gasteiger partial charge >= 0.3 is 0 Å². The number of nitriles is 1. The van der Waals surface area contributed by atoms with Gasteiger partial charge in [0.1, 0.15) is 17.4 Å². The zero-order valence-electron chi connectivity index (χ0n) is 16.8. The maximum atomic E-state index is 12.8. The molecule has 8 heteroatoms. The lowest BCUT2D eigenvalue weighted by Gasteiger charge is -2.30. The van der Waals surface area contributed by atoms with E-state index in [1.54, 1.807) is 34.4 Å². The molecule has 0 fully saturated rings. The number of thioether (sulfide) groups is 1. The second-order valence-electron chi connectivity index (χ2n) is 7.50. The summed E-state index contributed by atoms with van der Waals surface area (Å²) < 4.78 is 7.89. The number of carbonyl (C=O) groups excluding carboxylic acids is 1. The van der Waals surface area contributed by atoms with E-state index in [0.29, 0.717) is 29.7 Å². The lowest BCUT2D eigenvalue weighted by molar-refractivity contribution is -0.116. The van der Waals surface area contributed by atoms with E-state index in [2.05, 4.69) is 25.1 Å². The highest BCUT2D eigenvalue weighted by Gasteiger charge is 2.38. The predicted molar refractivity (Wildman–Crippen MR) is 125 cm³/mol. The fourth-order valence-electron chi connectivity index (χ4n) is 4.02. The lowest BCUT2D eigenvalue weighted by atomic mass is 9.80. The molecule has 1 atom stereocenters. The third kappa shape index (κ3) is 3.67. The fraction of sp³-hybridized carbons (Fsp3) is 0.261. The summed E-state index contributed by atoms with van der Waals surface area (Å²) in [6, 6.07) is 12.5. The van der Waals surface area contributed by atoms with Crippen LogP contribution in [-0.2, 0) is 15.3 Å². The molecule has 31 heavy (non-hydrogen) atoms. The number of thiazole rings is 1. The summed E-state index contributed by atoms with van der Waals surface area (Å²) in [7, 11) is 0. The van der Waals surface area contributed by atoms with E-state index in [1.807, 2.05) is 18.2 Å². The molecule has 0 amide bonds. The SMILES string of the molecule is Cc1sc(C2C(C#N)=C(N)OC3=C2C(=O)CCC3)cc1CSc1nc2ccccc2s1. The van der Waals surface area contributed by atoms with E-state index in [1.165, 1.54) is 15.1 Å². The second-order valence-corrected chi connectivity index (χ2v) is 11.0. The molecule has 0 spiro atoms. The Morgan fingerprint density at radius 3 is 2.97 bits per heavy atom. The van der Waals surface area contributed by atoms with Crippen molar-refractivity contribution in [2.75, 3.05) is 0 Å². The van der Waals surface area contributed by atoms with Crippen molar-refractivity contribution in [3.8, 4) is 6.07 Å². The number of para-hydroxylation sites is 1. The number of rotatable bonds is 4. The van der Waals surface area contributed by atoms with Crippen LogP contribution in [0.1, 0.15) is 40.5 Å². The quantitative estimate of drug-likeness (QED) is 0.492. The highest BCUT2D eigenvalue weighted by Crippen LogP contribution is 2.46. The van der Waals surface area contributed by atoms with Gasteiger partial charge < -0.3 is 10.5 Å². The molecule has 2 aromatic heterocycles. The Morgan fingerprint density at radius 1 is 1.32 bits per heavy atom. The zero-order valence-corrected chi connectivity index (χ0v) is 19.3. The van der Waals surface area contributed by atoms with Crippen molar-refractivity contribution in [2.24, 2.45) is 5.73 Å². The van der Waals surface area contributed by atoms with Crippen LogP contribution in [0.4, 0.5) is 0 Å². The molecule has 3 heterocycles. The molecule has 1 aliphatic heterocycles. The van der Waals surface area contributed by atoms with Gasteiger partial charge in [-0.1, -0.05) is 23.9 Å². The van der Waals surface area contributed by atoms with Crippen molar-refractivity contribution in [2.45, 2.75) is 42.2 Å². The zero-order chi connectivity index (χ0) is 21.5. The second kappa shape index (κ2) is 8.15. The van der Waals surface area contributed by atoms with Crippen LogP contribution in [0.5, 0.6) is 0 Å². The molecular weight excluding hydrogens is 446 g/mol. The third-order valence-electron chi connectivity index (χ3n) is 5.55. The first-order valence-corrected chi connectivity index (χ1v) is 12.6. The Balaban J connectivity index is 1.45. The van der Waals surface area contributed by atoms with Gasteiger partial charge in [0.05, 0.1) is 16.1 Å². The number of allylic oxidation sites excluding steroid dienone is 3. The number of aryl methyl sites for hydroxylation is 1. The molecule has 1 aliphatic carbocycles. The molecule has 2 N–H and O–H groups in total. The number of ether oxygens (including phenoxy) is 1. The van der Waals surface area contributed by atoms with Crippen LogP contribution in [-0.4, -0.2) is 10.8 Å². The van der Waals surface area contributed by atoms with Crippen LogP contribution in [0, 0.1) is 18.3 Å². The lowest BCUT2D eigenvalue weighted by Crippen LogP contribution is -2.27. The number of thiophene rings is 1. The third-order valence-corrected chi connectivity index (χ3v) is 8.94. The molecule has 3 aromatic rings. The minimum atomic E-state index is -0.425. The number of fused-ring (bicyclic) bond motifs is 1. The molecule has 0 radical (unpaired) electrons. The van der Waals surface area contributed by atoms with Crippen molar-refractivity contribution in [1.82, 2.24) is 4.98 Å². The van der Waals surface area contributed by atoms with Gasteiger partial charge in [-0.2, -0.15) is 5.26 Å². The summed E-state index contributed by atoms with van der Waals surface area (Å²) in [5, 5.41) is 9.76. The number of benzene rings is 1. The van der Waals surface area contributed by atoms with Crippen LogP contribution in [0.25, 0.3) is 10.2 Å². The Bertz CT molecular complexity index is 1280. The van der Waals surface area contributed by atoms with Crippen molar-refractivity contribution < 1.29 is 9.53 Å². The number of hydrogen-bond donors (Lipinski definition) is 1. The van der Waals surface area contributed by atoms with Gasteiger partial charge in [-0.3, -0.25) is 4.79 Å². The predicted octanol–water partition coefficient (Wildman–Crippen LogP) is 5.77. The minimum Gasteiger partial charge on any atom is -0.444 e. The van der Waals surface area contributed by atoms with Gasteiger partial charge in [-0.25, -0.2) is 4.98 Å². The van der Waals surface area contributed by atoms with Crippen LogP contribution >= 0.6 is 34.4 Å². The highest BCUT2D eigenvalue weighted by atomic mass is 32.2. The standard InChI is InChI=1S/C23H19N3O2S3/c1-12-13(11-29-23-26-15-5-2-3-8-18(15)31-23)9-19(30-12)20-14(10-24)22(25)28-17-7-4-6-16(27)21(17)20/h2-3,5,8-9,20H,4,6-7,11,25H2,1H3. The number of aromatic nitrogens is 1. The minimum absolute atomic E-state index is 0.0583. The number of hydrogen-bond acceptors (Lipinski definition) is 8.